The zero-order valence-electron chi connectivity index (χ0n) is 4.64. The van der Waals surface area contributed by atoms with E-state index in [0.717, 1.165) is 0 Å². The molecule has 0 N–H and O–H groups in total. The first kappa shape index (κ1) is 6.95. The first-order valence-electron chi connectivity index (χ1n) is 2.32. The van der Waals surface area contributed by atoms with Crippen molar-refractivity contribution in [3.63, 3.8) is 0 Å². The van der Waals surface area contributed by atoms with E-state index in [1.54, 1.807) is 13.8 Å². The lowest BCUT2D eigenvalue weighted by molar-refractivity contribution is 0.598. The highest BCUT2D eigenvalue weighted by Crippen LogP contribution is 1.84. The average Bonchev–Trinajstić information content (AvgIpc) is 1.68. The standard InChI is InChI=1S/C4H10O2S/c1-3-7(5,6)4-2/h3-4H2,1-2H3. The molecule has 0 unspecified atom stereocenters. The van der Waals surface area contributed by atoms with Crippen molar-refractivity contribution in [2.75, 3.05) is 11.5 Å². The molecule has 0 rings (SSSR count). The minimum Gasteiger partial charge on any atom is -0.229 e. The molecule has 0 saturated heterocycles. The fourth-order valence-corrected chi connectivity index (χ4v) is 0.612. The van der Waals surface area contributed by atoms with Crippen molar-refractivity contribution < 1.29 is 8.42 Å². The van der Waals surface area contributed by atoms with Gasteiger partial charge in [-0.1, -0.05) is 13.8 Å². The van der Waals surface area contributed by atoms with Crippen LogP contribution in [0.4, 0.5) is 0 Å². The Kier molecular flexibility index (Phi) is 2.29. The van der Waals surface area contributed by atoms with E-state index in [-0.39, 0.29) is 11.5 Å². The van der Waals surface area contributed by atoms with Crippen LogP contribution in [0.3, 0.4) is 0 Å². The van der Waals surface area contributed by atoms with E-state index in [9.17, 15) is 8.42 Å². The molecule has 0 aliphatic rings. The Labute approximate surface area is 44.5 Å². The van der Waals surface area contributed by atoms with E-state index >= 15 is 0 Å². The van der Waals surface area contributed by atoms with Crippen LogP contribution in [0.5, 0.6) is 0 Å². The molecule has 2 nitrogen and oxygen atoms in total. The summed E-state index contributed by atoms with van der Waals surface area (Å²) in [4.78, 5) is 0. The normalized spacial score (nSPS) is 11.7. The third-order valence-electron chi connectivity index (χ3n) is 0.880. The van der Waals surface area contributed by atoms with E-state index in [1.807, 2.05) is 0 Å². The summed E-state index contributed by atoms with van der Waals surface area (Å²) in [6, 6.07) is 0. The average molecular weight is 122 g/mol. The molecule has 0 aliphatic heterocycles. The lowest BCUT2D eigenvalue weighted by atomic mass is 11.0. The van der Waals surface area contributed by atoms with E-state index in [0.29, 0.717) is 0 Å². The van der Waals surface area contributed by atoms with Gasteiger partial charge in [0, 0.05) is 11.5 Å². The van der Waals surface area contributed by atoms with Crippen LogP contribution in [0.25, 0.3) is 0 Å². The van der Waals surface area contributed by atoms with Crippen molar-refractivity contribution in [3.05, 3.63) is 0 Å². The second-order valence-corrected chi connectivity index (χ2v) is 3.96. The lowest BCUT2D eigenvalue weighted by Crippen LogP contribution is -2.04. The Morgan fingerprint density at radius 1 is 1.14 bits per heavy atom. The second-order valence-electron chi connectivity index (χ2n) is 1.32. The highest BCUT2D eigenvalue weighted by Gasteiger charge is 1.99. The number of hydrogen-bond donors (Lipinski definition) is 0. The summed E-state index contributed by atoms with van der Waals surface area (Å²) in [5.74, 6) is 0.535. The smallest absolute Gasteiger partial charge is 0.149 e. The summed E-state index contributed by atoms with van der Waals surface area (Å²) < 4.78 is 20.7. The van der Waals surface area contributed by atoms with E-state index in [4.69, 9.17) is 0 Å². The summed E-state index contributed by atoms with van der Waals surface area (Å²) in [6.45, 7) is 3.30. The van der Waals surface area contributed by atoms with Crippen LogP contribution >= 0.6 is 0 Å². The quantitative estimate of drug-likeness (QED) is 0.532. The van der Waals surface area contributed by atoms with Gasteiger partial charge in [-0.3, -0.25) is 0 Å². The van der Waals surface area contributed by atoms with Crippen molar-refractivity contribution in [2.45, 2.75) is 13.8 Å². The zero-order chi connectivity index (χ0) is 5.91. The first-order chi connectivity index (χ1) is 3.12. The van der Waals surface area contributed by atoms with Gasteiger partial charge in [0.05, 0.1) is 0 Å². The fraction of sp³-hybridized carbons (Fsp3) is 1.00. The Bertz CT molecular complexity index is 113. The SMILES string of the molecule is CCS(=O)(=O)CC. The van der Waals surface area contributed by atoms with E-state index < -0.39 is 9.84 Å². The largest absolute Gasteiger partial charge is 0.229 e. The number of sulfone groups is 1. The molecule has 0 fully saturated rings. The maximum absolute atomic E-state index is 10.4. The molecule has 7 heavy (non-hydrogen) atoms. The van der Waals surface area contributed by atoms with Gasteiger partial charge in [0.25, 0.3) is 0 Å². The van der Waals surface area contributed by atoms with Crippen LogP contribution in [0.1, 0.15) is 13.8 Å². The fourth-order valence-electron chi connectivity index (χ4n) is 0.204. The molecular weight excluding hydrogens is 112 g/mol. The van der Waals surface area contributed by atoms with Gasteiger partial charge in [-0.05, 0) is 0 Å². The monoisotopic (exact) mass is 122 g/mol. The molecule has 3 heteroatoms. The Morgan fingerprint density at radius 3 is 1.43 bits per heavy atom. The molecule has 0 aromatic rings. The maximum atomic E-state index is 10.4. The van der Waals surface area contributed by atoms with Crippen molar-refractivity contribution in [1.82, 2.24) is 0 Å². The van der Waals surface area contributed by atoms with Crippen LogP contribution in [0, 0.1) is 0 Å². The Morgan fingerprint density at radius 2 is 1.43 bits per heavy atom. The highest BCUT2D eigenvalue weighted by molar-refractivity contribution is 7.91. The lowest BCUT2D eigenvalue weighted by Gasteiger charge is -1.89. The summed E-state index contributed by atoms with van der Waals surface area (Å²) in [5.41, 5.74) is 0. The van der Waals surface area contributed by atoms with Gasteiger partial charge in [0.1, 0.15) is 9.84 Å². The minimum atomic E-state index is -2.66. The van der Waals surface area contributed by atoms with Gasteiger partial charge in [-0.25, -0.2) is 8.42 Å². The topological polar surface area (TPSA) is 34.1 Å². The molecule has 0 aromatic heterocycles. The summed E-state index contributed by atoms with van der Waals surface area (Å²) in [5, 5.41) is 0. The molecule has 0 spiro atoms. The van der Waals surface area contributed by atoms with Crippen LogP contribution in [-0.4, -0.2) is 19.9 Å². The minimum absolute atomic E-state index is 0.267. The van der Waals surface area contributed by atoms with Gasteiger partial charge >= 0.3 is 0 Å². The van der Waals surface area contributed by atoms with E-state index in [1.165, 1.54) is 0 Å². The highest BCUT2D eigenvalue weighted by atomic mass is 32.2. The third kappa shape index (κ3) is 2.62. The van der Waals surface area contributed by atoms with E-state index in [2.05, 4.69) is 0 Å². The summed E-state index contributed by atoms with van der Waals surface area (Å²) in [6.07, 6.45) is 0. The van der Waals surface area contributed by atoms with Crippen LogP contribution < -0.4 is 0 Å². The molecule has 0 aromatic carbocycles. The molecule has 0 bridgehead atoms. The van der Waals surface area contributed by atoms with Crippen molar-refractivity contribution >= 4 is 9.84 Å². The molecule has 0 atom stereocenters. The van der Waals surface area contributed by atoms with Crippen LogP contribution in [0.2, 0.25) is 0 Å². The molecule has 0 aliphatic carbocycles. The van der Waals surface area contributed by atoms with Crippen molar-refractivity contribution in [2.24, 2.45) is 0 Å². The predicted octanol–water partition coefficient (Wildman–Crippen LogP) is 0.441. The van der Waals surface area contributed by atoms with Crippen molar-refractivity contribution in [3.8, 4) is 0 Å². The molecule has 0 heterocycles. The van der Waals surface area contributed by atoms with Gasteiger partial charge < -0.3 is 0 Å². The predicted molar refractivity (Wildman–Crippen MR) is 30.0 cm³/mol. The van der Waals surface area contributed by atoms with Crippen LogP contribution in [-0.2, 0) is 9.84 Å². The maximum Gasteiger partial charge on any atom is 0.149 e. The first-order valence-corrected chi connectivity index (χ1v) is 4.15. The summed E-state index contributed by atoms with van der Waals surface area (Å²) >= 11 is 0. The van der Waals surface area contributed by atoms with Gasteiger partial charge in [-0.2, -0.15) is 0 Å². The van der Waals surface area contributed by atoms with Gasteiger partial charge in [0.2, 0.25) is 0 Å². The Balaban J connectivity index is 3.89. The zero-order valence-corrected chi connectivity index (χ0v) is 5.46. The van der Waals surface area contributed by atoms with Crippen LogP contribution in [0.15, 0.2) is 0 Å². The number of rotatable bonds is 2. The molecule has 44 valence electrons. The molecule has 0 radical (unpaired) electrons. The molecule has 0 amide bonds. The molecule has 0 saturated carbocycles. The third-order valence-corrected chi connectivity index (χ3v) is 2.64. The van der Waals surface area contributed by atoms with Gasteiger partial charge in [-0.15, -0.1) is 0 Å². The molecular formula is C4H10O2S. The Hall–Kier alpha value is -0.0500. The van der Waals surface area contributed by atoms with Crippen molar-refractivity contribution in [1.29, 1.82) is 0 Å². The van der Waals surface area contributed by atoms with Gasteiger partial charge in [0.15, 0.2) is 0 Å². The second kappa shape index (κ2) is 2.31. The summed E-state index contributed by atoms with van der Waals surface area (Å²) in [7, 11) is -2.66. The number of hydrogen-bond acceptors (Lipinski definition) is 2.